The van der Waals surface area contributed by atoms with Crippen molar-refractivity contribution in [2.75, 3.05) is 0 Å². The fourth-order valence-corrected chi connectivity index (χ4v) is 18.1. The molecule has 45 atom stereocenters. The lowest BCUT2D eigenvalue weighted by Crippen LogP contribution is -2.62. The molecule has 0 aromatic carbocycles. The number of ether oxygens (including phenoxy) is 17. The molecule has 9 saturated heterocycles. The Morgan fingerprint density at radius 2 is 0.418 bits per heavy atom. The van der Waals surface area contributed by atoms with E-state index in [-0.39, 0.29) is 151 Å². The molecule has 9 fully saturated rings. The van der Waals surface area contributed by atoms with Gasteiger partial charge >= 0.3 is 0 Å². The highest BCUT2D eigenvalue weighted by Gasteiger charge is 2.57. The van der Waals surface area contributed by atoms with Gasteiger partial charge in [0.15, 0.2) is 50.3 Å². The van der Waals surface area contributed by atoms with Crippen molar-refractivity contribution in [1.29, 1.82) is 0 Å². The predicted molar refractivity (Wildman–Crippen MR) is 371 cm³/mol. The van der Waals surface area contributed by atoms with Gasteiger partial charge in [-0.25, -0.2) is 0 Å². The summed E-state index contributed by atoms with van der Waals surface area (Å²) in [5.74, 6) is 0.394. The second-order valence-electron chi connectivity index (χ2n) is 32.9. The van der Waals surface area contributed by atoms with Gasteiger partial charge in [0.2, 0.25) is 0 Å². The summed E-state index contributed by atoms with van der Waals surface area (Å²) in [5, 5.41) is 36.3. The maximum Gasteiger partial charge on any atom is 0.184 e. The third-order valence-corrected chi connectivity index (χ3v) is 27.1. The van der Waals surface area contributed by atoms with E-state index in [4.69, 9.17) is 80.5 Å². The van der Waals surface area contributed by atoms with Crippen molar-refractivity contribution in [3.8, 4) is 0 Å². The first-order chi connectivity index (χ1) is 46.4. The molecule has 9 heterocycles. The molecule has 0 radical (unpaired) electrons. The number of hydrogen-bond acceptors (Lipinski definition) is 20. The number of hydrogen-bond donors (Lipinski definition) is 3. The fraction of sp³-hybridized carbons (Fsp3) is 1.00. The molecular weight excluding hydrogens is 1260 g/mol. The van der Waals surface area contributed by atoms with E-state index in [1.807, 2.05) is 27.7 Å². The molecule has 0 amide bonds. The molecule has 0 aromatic heterocycles. The Balaban J connectivity index is 0.759. The SMILES string of the molecule is CCC1O[C@H](O[C@@H]2C(CC)O[C@H](O[C@H]3C(CC)O[C@@H](O[C@H]4C(C)O[C@@H](O[C@@H]5C(CC)O[C@H](O[C@H]6C(C)C(C)[C@@H](O[C@H]7C(CC)O[C@@H](C)C(C)[C@H]7C)O[C@H]6C)C(C)C5O)C(C)[C@H]4C)C(C)[C@H]3C)C(O)C2C)C(C)C(C)[C@@H]1O[C@@H]1OC(CC)[C@H](O[C@@H]2OC(CC)[C@H](C)[C@H](C)C2C)[C@H](C)C1O. The van der Waals surface area contributed by atoms with E-state index in [0.29, 0.717) is 55.8 Å². The summed E-state index contributed by atoms with van der Waals surface area (Å²) in [4.78, 5) is 0. The zero-order valence-corrected chi connectivity index (χ0v) is 65.2. The van der Waals surface area contributed by atoms with Gasteiger partial charge < -0.3 is 95.8 Å². The molecule has 0 aliphatic carbocycles. The average molecular weight is 1400 g/mol. The van der Waals surface area contributed by atoms with Gasteiger partial charge in [0, 0.05) is 47.3 Å². The van der Waals surface area contributed by atoms with Crippen LogP contribution in [0.3, 0.4) is 0 Å². The fourth-order valence-electron chi connectivity index (χ4n) is 18.1. The standard InChI is InChI=1S/C78H140O20/c1-27-53-36(10)34(8)42(16)73(85-53)94-68-47(21)61(80)77(89-57(68)31-5)97-67-41(15)46(20)75(87-56(67)30-4)95-69-48(22)62(81)78(90-58(69)32-6)96-66-40(14)45(19)74(86-55(66)29-3)91-63-39(13)44(18)72(84-51(63)25)98-70-59(33-7)88-76(49(23)60(70)79)92-64-38(12)43(17)71(83-52(64)26)93-65-37(11)35(9)50(24)82-54(65)28-2/h34-81H,27-33H2,1-26H3/t34-,35?,36+,37+,38?,39+,40+,41?,42?,43?,44?,45?,46?,47+,48?,49?,50-,51?,52-,53?,54?,55?,56?,57?,58?,59?,60?,61?,62?,63+,64-,65+,66+,67-,68+,69-,70+,71+,72-,73-,74-,75+,76+,77-,78+/m0/s1. The summed E-state index contributed by atoms with van der Waals surface area (Å²) in [6.45, 7) is 55.5. The normalized spacial score (nSPS) is 54.5. The Hall–Kier alpha value is -0.800. The van der Waals surface area contributed by atoms with Crippen molar-refractivity contribution < 1.29 is 95.8 Å². The van der Waals surface area contributed by atoms with Gasteiger partial charge in [0.05, 0.1) is 110 Å². The van der Waals surface area contributed by atoms with Gasteiger partial charge in [0.1, 0.15) is 18.3 Å². The summed E-state index contributed by atoms with van der Waals surface area (Å²) in [5.41, 5.74) is 0. The highest BCUT2D eigenvalue weighted by molar-refractivity contribution is 4.99. The average Bonchev–Trinajstić information content (AvgIpc) is 0.779. The molecule has 98 heavy (non-hydrogen) atoms. The van der Waals surface area contributed by atoms with Crippen LogP contribution in [0.1, 0.15) is 225 Å². The van der Waals surface area contributed by atoms with Crippen LogP contribution < -0.4 is 0 Å². The highest BCUT2D eigenvalue weighted by Crippen LogP contribution is 2.48. The second-order valence-corrected chi connectivity index (χ2v) is 32.9. The lowest BCUT2D eigenvalue weighted by Gasteiger charge is -2.52. The number of aliphatic hydroxyl groups excluding tert-OH is 3. The van der Waals surface area contributed by atoms with Crippen LogP contribution in [-0.4, -0.2) is 194 Å². The molecule has 0 saturated carbocycles. The summed E-state index contributed by atoms with van der Waals surface area (Å²) in [6, 6.07) is 0. The molecule has 0 aromatic rings. The van der Waals surface area contributed by atoms with Gasteiger partial charge in [0.25, 0.3) is 0 Å². The second kappa shape index (κ2) is 34.8. The van der Waals surface area contributed by atoms with Crippen molar-refractivity contribution in [3.05, 3.63) is 0 Å². The van der Waals surface area contributed by atoms with E-state index >= 15 is 0 Å². The topological polar surface area (TPSA) is 218 Å². The minimum Gasteiger partial charge on any atom is -0.390 e. The van der Waals surface area contributed by atoms with Crippen LogP contribution in [0.4, 0.5) is 0 Å². The van der Waals surface area contributed by atoms with E-state index in [1.54, 1.807) is 0 Å². The predicted octanol–water partition coefficient (Wildman–Crippen LogP) is 12.8. The Bertz CT molecular complexity index is 2380. The van der Waals surface area contributed by atoms with E-state index in [1.165, 1.54) is 0 Å². The molecular formula is C78H140O20. The largest absolute Gasteiger partial charge is 0.390 e. The smallest absolute Gasteiger partial charge is 0.184 e. The minimum atomic E-state index is -1.01. The van der Waals surface area contributed by atoms with Gasteiger partial charge in [-0.1, -0.05) is 159 Å². The quantitative estimate of drug-likeness (QED) is 0.0866. The molecule has 3 N–H and O–H groups in total. The van der Waals surface area contributed by atoms with Gasteiger partial charge in [-0.2, -0.15) is 0 Å². The minimum absolute atomic E-state index is 0.0102. The van der Waals surface area contributed by atoms with Crippen LogP contribution in [0.25, 0.3) is 0 Å². The summed E-state index contributed by atoms with van der Waals surface area (Å²) >= 11 is 0. The first-order valence-electron chi connectivity index (χ1n) is 39.6. The zero-order chi connectivity index (χ0) is 72.0. The van der Waals surface area contributed by atoms with Crippen LogP contribution in [0.2, 0.25) is 0 Å². The molecule has 9 rings (SSSR count). The molecule has 20 nitrogen and oxygen atoms in total. The van der Waals surface area contributed by atoms with E-state index in [9.17, 15) is 15.3 Å². The van der Waals surface area contributed by atoms with E-state index in [0.717, 1.165) is 12.8 Å². The molecule has 9 aliphatic rings. The van der Waals surface area contributed by atoms with Gasteiger partial charge in [-0.15, -0.1) is 0 Å². The molecule has 572 valence electrons. The van der Waals surface area contributed by atoms with Gasteiger partial charge in [-0.05, 0) is 113 Å². The van der Waals surface area contributed by atoms with Crippen LogP contribution in [0.5, 0.6) is 0 Å². The Kier molecular flexibility index (Phi) is 28.9. The first kappa shape index (κ1) is 81.3. The highest BCUT2D eigenvalue weighted by atomic mass is 16.8. The van der Waals surface area contributed by atoms with Crippen LogP contribution in [0.15, 0.2) is 0 Å². The molecule has 0 spiro atoms. The van der Waals surface area contributed by atoms with Crippen molar-refractivity contribution in [1.82, 2.24) is 0 Å². The van der Waals surface area contributed by atoms with Crippen molar-refractivity contribution in [3.63, 3.8) is 0 Å². The lowest BCUT2D eigenvalue weighted by molar-refractivity contribution is -0.377. The van der Waals surface area contributed by atoms with Crippen molar-refractivity contribution in [2.24, 2.45) is 94.7 Å². The third-order valence-electron chi connectivity index (χ3n) is 27.1. The maximum atomic E-state index is 12.2. The molecule has 20 heteroatoms. The lowest BCUT2D eigenvalue weighted by atomic mass is 9.78. The Morgan fingerprint density at radius 3 is 0.776 bits per heavy atom. The molecule has 9 aliphatic heterocycles. The van der Waals surface area contributed by atoms with Crippen molar-refractivity contribution in [2.45, 2.75) is 403 Å². The Labute approximate surface area is 591 Å². The van der Waals surface area contributed by atoms with Crippen LogP contribution in [0, 0.1) is 94.7 Å². The van der Waals surface area contributed by atoms with E-state index in [2.05, 4.69) is 152 Å². The zero-order valence-electron chi connectivity index (χ0n) is 65.2. The first-order valence-corrected chi connectivity index (χ1v) is 39.6. The monoisotopic (exact) mass is 1400 g/mol. The number of rotatable bonds is 23. The van der Waals surface area contributed by atoms with Gasteiger partial charge in [-0.3, -0.25) is 0 Å². The molecule has 0 bridgehead atoms. The van der Waals surface area contributed by atoms with Crippen molar-refractivity contribution >= 4 is 0 Å². The van der Waals surface area contributed by atoms with Crippen LogP contribution >= 0.6 is 0 Å². The van der Waals surface area contributed by atoms with Crippen LogP contribution in [-0.2, 0) is 80.5 Å². The molecule has 21 unspecified atom stereocenters. The maximum absolute atomic E-state index is 12.2. The number of aliphatic hydroxyl groups is 3. The Morgan fingerprint density at radius 1 is 0.184 bits per heavy atom. The summed E-state index contributed by atoms with van der Waals surface area (Å²) in [6.07, 6.45) is -8.04. The van der Waals surface area contributed by atoms with E-state index < -0.39 is 98.8 Å². The summed E-state index contributed by atoms with van der Waals surface area (Å²) < 4.78 is 116. The third kappa shape index (κ3) is 16.7. The summed E-state index contributed by atoms with van der Waals surface area (Å²) in [7, 11) is 0.